The van der Waals surface area contributed by atoms with Crippen molar-refractivity contribution < 1.29 is 0 Å². The molecule has 1 heterocycles. The Bertz CT molecular complexity index is 69.6. The lowest BCUT2D eigenvalue weighted by Gasteiger charge is -1.93. The smallest absolute Gasteiger partial charge is 0.0531 e. The zero-order valence-electron chi connectivity index (χ0n) is 4.05. The fourth-order valence-electron chi connectivity index (χ4n) is 0.305. The van der Waals surface area contributed by atoms with Crippen molar-refractivity contribution in [3.63, 3.8) is 0 Å². The van der Waals surface area contributed by atoms with Gasteiger partial charge in [0, 0.05) is 0 Å². The summed E-state index contributed by atoms with van der Waals surface area (Å²) in [6.45, 7) is 4.58. The summed E-state index contributed by atoms with van der Waals surface area (Å²) in [5.74, 6) is 0.938. The highest BCUT2D eigenvalue weighted by molar-refractivity contribution is 8.02. The van der Waals surface area contributed by atoms with E-state index in [2.05, 4.69) is 13.8 Å². The number of hydrogen-bond donors (Lipinski definition) is 0. The second kappa shape index (κ2) is 1.60. The summed E-state index contributed by atoms with van der Waals surface area (Å²) in [6, 6.07) is 0. The minimum absolute atomic E-state index is 0.938. The summed E-state index contributed by atoms with van der Waals surface area (Å²) < 4.78 is 0. The highest BCUT2D eigenvalue weighted by Gasteiger charge is 2.16. The van der Waals surface area contributed by atoms with Crippen molar-refractivity contribution in [1.82, 2.24) is 0 Å². The molecule has 0 atom stereocenters. The third kappa shape index (κ3) is 1.03. The Balaban J connectivity index is 2.16. The standard InChI is InChI=1S/C4H8P2/c1-3(2)4-5-6-4/h3-4H,1-2H3. The molecule has 0 aromatic rings. The Morgan fingerprint density at radius 2 is 1.83 bits per heavy atom. The van der Waals surface area contributed by atoms with Gasteiger partial charge in [0.05, 0.1) is 5.40 Å². The van der Waals surface area contributed by atoms with Gasteiger partial charge < -0.3 is 0 Å². The molecule has 34 valence electrons. The molecular weight excluding hydrogens is 110 g/mol. The summed E-state index contributed by atoms with van der Waals surface area (Å²) in [5, 5.41) is 1.05. The van der Waals surface area contributed by atoms with Crippen LogP contribution in [0.5, 0.6) is 0 Å². The van der Waals surface area contributed by atoms with Gasteiger partial charge in [0.1, 0.15) is 0 Å². The summed E-state index contributed by atoms with van der Waals surface area (Å²) in [7, 11) is 3.33. The quantitative estimate of drug-likeness (QED) is 0.464. The van der Waals surface area contributed by atoms with Crippen LogP contribution in [0.25, 0.3) is 0 Å². The Kier molecular flexibility index (Phi) is 1.27. The number of rotatable bonds is 1. The monoisotopic (exact) mass is 118 g/mol. The van der Waals surface area contributed by atoms with Gasteiger partial charge in [0.15, 0.2) is 0 Å². The van der Waals surface area contributed by atoms with Crippen molar-refractivity contribution in [3.8, 4) is 0 Å². The Morgan fingerprint density at radius 1 is 1.33 bits per heavy atom. The minimum atomic E-state index is 0.938. The van der Waals surface area contributed by atoms with Crippen LogP contribution in [0.15, 0.2) is 0 Å². The molecular formula is C4H8P2. The molecule has 0 aliphatic carbocycles. The Hall–Kier alpha value is 0.600. The van der Waals surface area contributed by atoms with Crippen LogP contribution in [0.2, 0.25) is 0 Å². The molecule has 1 aliphatic rings. The zero-order valence-corrected chi connectivity index (χ0v) is 5.84. The highest BCUT2D eigenvalue weighted by Crippen LogP contribution is 2.51. The molecule has 0 unspecified atom stereocenters. The van der Waals surface area contributed by atoms with Gasteiger partial charge >= 0.3 is 0 Å². The van der Waals surface area contributed by atoms with Gasteiger partial charge in [-0.05, 0) is 5.92 Å². The second-order valence-electron chi connectivity index (χ2n) is 1.89. The van der Waals surface area contributed by atoms with Gasteiger partial charge in [0.25, 0.3) is 0 Å². The maximum Gasteiger partial charge on any atom is 0.0531 e. The van der Waals surface area contributed by atoms with Crippen molar-refractivity contribution in [2.75, 3.05) is 0 Å². The maximum atomic E-state index is 2.29. The van der Waals surface area contributed by atoms with Crippen LogP contribution in [0.4, 0.5) is 0 Å². The van der Waals surface area contributed by atoms with Crippen molar-refractivity contribution >= 4 is 15.7 Å². The van der Waals surface area contributed by atoms with E-state index in [0.29, 0.717) is 0 Å². The predicted molar refractivity (Wildman–Crippen MR) is 32.5 cm³/mol. The van der Waals surface area contributed by atoms with Crippen LogP contribution in [0.1, 0.15) is 13.8 Å². The van der Waals surface area contributed by atoms with Crippen molar-refractivity contribution in [3.05, 3.63) is 0 Å². The van der Waals surface area contributed by atoms with Gasteiger partial charge in [-0.2, -0.15) is 0 Å². The molecule has 6 heavy (non-hydrogen) atoms. The third-order valence-electron chi connectivity index (χ3n) is 0.845. The SMILES string of the molecule is CC(C)C1P=P1. The van der Waals surface area contributed by atoms with E-state index in [9.17, 15) is 0 Å². The summed E-state index contributed by atoms with van der Waals surface area (Å²) in [4.78, 5) is 0. The van der Waals surface area contributed by atoms with Crippen molar-refractivity contribution in [1.29, 1.82) is 0 Å². The molecule has 0 aromatic carbocycles. The molecule has 0 aromatic heterocycles. The van der Waals surface area contributed by atoms with E-state index >= 15 is 0 Å². The van der Waals surface area contributed by atoms with Crippen LogP contribution < -0.4 is 0 Å². The first-order chi connectivity index (χ1) is 2.80. The second-order valence-corrected chi connectivity index (χ2v) is 5.26. The highest BCUT2D eigenvalue weighted by atomic mass is 31.8. The van der Waals surface area contributed by atoms with Crippen LogP contribution in [0.3, 0.4) is 0 Å². The fourth-order valence-corrected chi connectivity index (χ4v) is 2.75. The Labute approximate surface area is 41.7 Å². The maximum absolute atomic E-state index is 2.29. The summed E-state index contributed by atoms with van der Waals surface area (Å²) in [5.41, 5.74) is 0. The molecule has 0 radical (unpaired) electrons. The van der Waals surface area contributed by atoms with E-state index in [1.54, 1.807) is 15.7 Å². The summed E-state index contributed by atoms with van der Waals surface area (Å²) >= 11 is 0. The molecule has 1 rings (SSSR count). The molecule has 0 nitrogen and oxygen atoms in total. The number of hydrogen-bond acceptors (Lipinski definition) is 0. The van der Waals surface area contributed by atoms with E-state index in [4.69, 9.17) is 0 Å². The van der Waals surface area contributed by atoms with Gasteiger partial charge in [-0.15, -0.1) is 0 Å². The van der Waals surface area contributed by atoms with Gasteiger partial charge in [0.2, 0.25) is 0 Å². The van der Waals surface area contributed by atoms with Crippen LogP contribution in [-0.2, 0) is 0 Å². The molecule has 1 aliphatic heterocycles. The molecule has 0 amide bonds. The van der Waals surface area contributed by atoms with Crippen molar-refractivity contribution in [2.24, 2.45) is 5.92 Å². The fraction of sp³-hybridized carbons (Fsp3) is 1.00. The average molecular weight is 118 g/mol. The molecule has 0 saturated carbocycles. The minimum Gasteiger partial charge on any atom is -0.0620 e. The normalized spacial score (nSPS) is 34.2. The topological polar surface area (TPSA) is 0 Å². The van der Waals surface area contributed by atoms with Crippen LogP contribution in [-0.4, -0.2) is 5.40 Å². The first-order valence-electron chi connectivity index (χ1n) is 2.20. The van der Waals surface area contributed by atoms with Gasteiger partial charge in [-0.25, -0.2) is 0 Å². The van der Waals surface area contributed by atoms with E-state index in [1.807, 2.05) is 0 Å². The van der Waals surface area contributed by atoms with E-state index in [0.717, 1.165) is 11.3 Å². The van der Waals surface area contributed by atoms with E-state index < -0.39 is 0 Å². The van der Waals surface area contributed by atoms with Crippen molar-refractivity contribution in [2.45, 2.75) is 19.2 Å². The molecule has 2 heteroatoms. The lowest BCUT2D eigenvalue weighted by Crippen LogP contribution is -1.89. The predicted octanol–water partition coefficient (Wildman–Crippen LogP) is 2.79. The van der Waals surface area contributed by atoms with Crippen LogP contribution in [0, 0.1) is 5.92 Å². The molecule has 0 spiro atoms. The lowest BCUT2D eigenvalue weighted by atomic mass is 10.3. The third-order valence-corrected chi connectivity index (χ3v) is 4.03. The van der Waals surface area contributed by atoms with E-state index in [1.165, 1.54) is 0 Å². The largest absolute Gasteiger partial charge is 0.0620 e. The first kappa shape index (κ1) is 4.75. The van der Waals surface area contributed by atoms with Crippen LogP contribution >= 0.6 is 15.7 Å². The lowest BCUT2D eigenvalue weighted by molar-refractivity contribution is 0.726. The molecule has 0 fully saturated rings. The average Bonchev–Trinajstić information content (AvgIpc) is 2.06. The Morgan fingerprint density at radius 3 is 1.83 bits per heavy atom. The molecule has 0 saturated heterocycles. The van der Waals surface area contributed by atoms with E-state index in [-0.39, 0.29) is 0 Å². The van der Waals surface area contributed by atoms with Gasteiger partial charge in [-0.3, -0.25) is 0 Å². The molecule has 0 bridgehead atoms. The first-order valence-corrected chi connectivity index (χ1v) is 4.84. The zero-order chi connectivity index (χ0) is 4.57. The molecule has 0 N–H and O–H groups in total. The van der Waals surface area contributed by atoms with Gasteiger partial charge in [-0.1, -0.05) is 29.6 Å². The summed E-state index contributed by atoms with van der Waals surface area (Å²) in [6.07, 6.45) is 0.